The molecule has 0 saturated carbocycles. The Hall–Kier alpha value is -0.0600. The van der Waals surface area contributed by atoms with Gasteiger partial charge in [0.15, 0.2) is 0 Å². The maximum absolute atomic E-state index is 11.9. The standard InChI is InChI=1S/C17H32N2OS/c1-3-4-17(20)16-8-11-18(12-9-16)10-5-15-6-13-19(21-2)14-7-15/h15-16H,3-14H2,1-2H3. The molecule has 0 aromatic rings. The van der Waals surface area contributed by atoms with E-state index in [-0.39, 0.29) is 0 Å². The molecule has 0 unspecified atom stereocenters. The van der Waals surface area contributed by atoms with Gasteiger partial charge in [-0.2, -0.15) is 0 Å². The van der Waals surface area contributed by atoms with Gasteiger partial charge in [0.1, 0.15) is 5.78 Å². The fourth-order valence-corrected chi connectivity index (χ4v) is 4.25. The van der Waals surface area contributed by atoms with E-state index in [2.05, 4.69) is 22.4 Å². The van der Waals surface area contributed by atoms with Crippen LogP contribution in [0.25, 0.3) is 0 Å². The molecule has 0 aromatic heterocycles. The highest BCUT2D eigenvalue weighted by molar-refractivity contribution is 7.96. The van der Waals surface area contributed by atoms with Crippen molar-refractivity contribution in [1.82, 2.24) is 9.21 Å². The summed E-state index contributed by atoms with van der Waals surface area (Å²) in [6.07, 6.45) is 10.3. The van der Waals surface area contributed by atoms with Gasteiger partial charge in [-0.05, 0) is 70.3 Å². The summed E-state index contributed by atoms with van der Waals surface area (Å²) in [5.74, 6) is 1.81. The van der Waals surface area contributed by atoms with Crippen molar-refractivity contribution in [3.05, 3.63) is 0 Å². The lowest BCUT2D eigenvalue weighted by Crippen LogP contribution is -2.38. The van der Waals surface area contributed by atoms with Crippen LogP contribution in [0.15, 0.2) is 0 Å². The van der Waals surface area contributed by atoms with Crippen LogP contribution in [0.1, 0.15) is 51.9 Å². The molecule has 0 amide bonds. The molecule has 2 aliphatic rings. The third-order valence-corrected chi connectivity index (χ3v) is 6.11. The van der Waals surface area contributed by atoms with Crippen molar-refractivity contribution in [3.8, 4) is 0 Å². The van der Waals surface area contributed by atoms with Crippen molar-refractivity contribution in [1.29, 1.82) is 0 Å². The van der Waals surface area contributed by atoms with Crippen LogP contribution in [-0.4, -0.2) is 54.0 Å². The number of piperidine rings is 2. The number of likely N-dealkylation sites (tertiary alicyclic amines) is 1. The molecule has 2 fully saturated rings. The normalized spacial score (nSPS) is 23.5. The fourth-order valence-electron chi connectivity index (χ4n) is 3.67. The molecule has 4 heteroatoms. The first-order valence-electron chi connectivity index (χ1n) is 8.77. The average molecular weight is 313 g/mol. The molecule has 2 heterocycles. The number of rotatable bonds is 7. The second-order valence-corrected chi connectivity index (χ2v) is 7.56. The molecule has 2 aliphatic heterocycles. The van der Waals surface area contributed by atoms with Crippen LogP contribution in [0.3, 0.4) is 0 Å². The summed E-state index contributed by atoms with van der Waals surface area (Å²) in [7, 11) is 0. The predicted molar refractivity (Wildman–Crippen MR) is 91.5 cm³/mol. The summed E-state index contributed by atoms with van der Waals surface area (Å²) in [6.45, 7) is 8.17. The molecule has 0 spiro atoms. The molecule has 3 nitrogen and oxygen atoms in total. The van der Waals surface area contributed by atoms with E-state index in [4.69, 9.17) is 0 Å². The zero-order valence-electron chi connectivity index (χ0n) is 13.9. The SMILES string of the molecule is CCCC(=O)C1CCN(CCC2CCN(SC)CC2)CC1. The topological polar surface area (TPSA) is 23.6 Å². The Bertz CT molecular complexity index is 308. The van der Waals surface area contributed by atoms with Gasteiger partial charge in [0.05, 0.1) is 0 Å². The second-order valence-electron chi connectivity index (χ2n) is 6.68. The van der Waals surface area contributed by atoms with Crippen LogP contribution >= 0.6 is 11.9 Å². The van der Waals surface area contributed by atoms with Gasteiger partial charge in [0.2, 0.25) is 0 Å². The zero-order valence-corrected chi connectivity index (χ0v) is 14.7. The van der Waals surface area contributed by atoms with Gasteiger partial charge < -0.3 is 4.90 Å². The smallest absolute Gasteiger partial charge is 0.136 e. The van der Waals surface area contributed by atoms with Crippen molar-refractivity contribution in [2.75, 3.05) is 39.0 Å². The van der Waals surface area contributed by atoms with Crippen LogP contribution in [0.5, 0.6) is 0 Å². The first kappa shape index (κ1) is 17.3. The maximum atomic E-state index is 11.9. The molecule has 21 heavy (non-hydrogen) atoms. The number of hydrogen-bond donors (Lipinski definition) is 0. The minimum Gasteiger partial charge on any atom is -0.303 e. The van der Waals surface area contributed by atoms with Gasteiger partial charge in [-0.25, -0.2) is 0 Å². The molecule has 2 rings (SSSR count). The quantitative estimate of drug-likeness (QED) is 0.672. The van der Waals surface area contributed by atoms with E-state index in [1.165, 1.54) is 38.9 Å². The Kier molecular flexibility index (Phi) is 7.55. The van der Waals surface area contributed by atoms with E-state index in [0.29, 0.717) is 11.7 Å². The Balaban J connectivity index is 1.60. The first-order chi connectivity index (χ1) is 10.2. The summed E-state index contributed by atoms with van der Waals surface area (Å²) < 4.78 is 2.49. The number of ketones is 1. The summed E-state index contributed by atoms with van der Waals surface area (Å²) in [6, 6.07) is 0. The fraction of sp³-hybridized carbons (Fsp3) is 0.941. The average Bonchev–Trinajstić information content (AvgIpc) is 2.54. The summed E-state index contributed by atoms with van der Waals surface area (Å²) >= 11 is 1.89. The Morgan fingerprint density at radius 1 is 1.10 bits per heavy atom. The van der Waals surface area contributed by atoms with Crippen molar-refractivity contribution in [3.63, 3.8) is 0 Å². The Morgan fingerprint density at radius 3 is 2.33 bits per heavy atom. The van der Waals surface area contributed by atoms with Gasteiger partial charge in [0, 0.05) is 25.4 Å². The molecule has 122 valence electrons. The van der Waals surface area contributed by atoms with E-state index in [0.717, 1.165) is 44.7 Å². The minimum atomic E-state index is 0.367. The van der Waals surface area contributed by atoms with Crippen molar-refractivity contribution >= 4 is 17.7 Å². The third kappa shape index (κ3) is 5.57. The van der Waals surface area contributed by atoms with Gasteiger partial charge in [-0.1, -0.05) is 18.9 Å². The van der Waals surface area contributed by atoms with Crippen molar-refractivity contribution < 1.29 is 4.79 Å². The highest BCUT2D eigenvalue weighted by atomic mass is 32.2. The minimum absolute atomic E-state index is 0.367. The molecule has 0 bridgehead atoms. The van der Waals surface area contributed by atoms with Crippen LogP contribution < -0.4 is 0 Å². The molecular weight excluding hydrogens is 280 g/mol. The van der Waals surface area contributed by atoms with Gasteiger partial charge in [-0.3, -0.25) is 9.10 Å². The van der Waals surface area contributed by atoms with Gasteiger partial charge in [0.25, 0.3) is 0 Å². The number of nitrogens with zero attached hydrogens (tertiary/aromatic N) is 2. The highest BCUT2D eigenvalue weighted by Crippen LogP contribution is 2.25. The first-order valence-corrected chi connectivity index (χ1v) is 9.95. The molecule has 0 aromatic carbocycles. The van der Waals surface area contributed by atoms with Crippen molar-refractivity contribution in [2.24, 2.45) is 11.8 Å². The van der Waals surface area contributed by atoms with E-state index in [9.17, 15) is 4.79 Å². The van der Waals surface area contributed by atoms with Gasteiger partial charge in [-0.15, -0.1) is 0 Å². The summed E-state index contributed by atoms with van der Waals surface area (Å²) in [5.41, 5.74) is 0. The van der Waals surface area contributed by atoms with E-state index in [1.54, 1.807) is 0 Å². The predicted octanol–water partition coefficient (Wildman–Crippen LogP) is 3.45. The lowest BCUT2D eigenvalue weighted by Gasteiger charge is -2.34. The van der Waals surface area contributed by atoms with Gasteiger partial charge >= 0.3 is 0 Å². The maximum Gasteiger partial charge on any atom is 0.136 e. The van der Waals surface area contributed by atoms with Crippen LogP contribution in [-0.2, 0) is 4.79 Å². The highest BCUT2D eigenvalue weighted by Gasteiger charge is 2.25. The van der Waals surface area contributed by atoms with E-state index >= 15 is 0 Å². The van der Waals surface area contributed by atoms with Crippen LogP contribution in [0.4, 0.5) is 0 Å². The summed E-state index contributed by atoms with van der Waals surface area (Å²) in [4.78, 5) is 14.5. The molecule has 0 N–H and O–H groups in total. The lowest BCUT2D eigenvalue weighted by atomic mass is 9.89. The molecular formula is C17H32N2OS. The monoisotopic (exact) mass is 312 g/mol. The number of hydrogen-bond acceptors (Lipinski definition) is 4. The van der Waals surface area contributed by atoms with Crippen molar-refractivity contribution in [2.45, 2.75) is 51.9 Å². The second kappa shape index (κ2) is 9.16. The molecule has 0 radical (unpaired) electrons. The largest absolute Gasteiger partial charge is 0.303 e. The van der Waals surface area contributed by atoms with Crippen LogP contribution in [0.2, 0.25) is 0 Å². The number of carbonyl (C=O) groups excluding carboxylic acids is 1. The number of Topliss-reactive ketones (excluding diaryl/α,β-unsaturated/α-hetero) is 1. The van der Waals surface area contributed by atoms with E-state index < -0.39 is 0 Å². The van der Waals surface area contributed by atoms with E-state index in [1.807, 2.05) is 11.9 Å². The summed E-state index contributed by atoms with van der Waals surface area (Å²) in [5, 5.41) is 0. The zero-order chi connectivity index (χ0) is 15.1. The number of carbonyl (C=O) groups is 1. The lowest BCUT2D eigenvalue weighted by molar-refractivity contribution is -0.124. The molecule has 0 atom stereocenters. The van der Waals surface area contributed by atoms with Crippen LogP contribution in [0, 0.1) is 11.8 Å². The Morgan fingerprint density at radius 2 is 1.76 bits per heavy atom. The molecule has 2 saturated heterocycles. The Labute approximate surface area is 135 Å². The molecule has 0 aliphatic carbocycles. The third-order valence-electron chi connectivity index (χ3n) is 5.22.